The van der Waals surface area contributed by atoms with E-state index >= 15 is 0 Å². The smallest absolute Gasteiger partial charge is 0.155 e. The van der Waals surface area contributed by atoms with Crippen LogP contribution < -0.4 is 5.73 Å². The van der Waals surface area contributed by atoms with Crippen molar-refractivity contribution >= 4 is 11.0 Å². The molecule has 0 unspecified atom stereocenters. The Balaban J connectivity index is 1.82. The van der Waals surface area contributed by atoms with Crippen LogP contribution in [-0.2, 0) is 6.54 Å². The van der Waals surface area contributed by atoms with E-state index < -0.39 is 0 Å². The largest absolute Gasteiger partial charge is 0.326 e. The van der Waals surface area contributed by atoms with Gasteiger partial charge in [-0.1, -0.05) is 24.3 Å². The average molecular weight is 301 g/mol. The molecule has 0 fully saturated rings. The van der Waals surface area contributed by atoms with E-state index in [4.69, 9.17) is 10.7 Å². The number of aromatic amines is 1. The number of pyridine rings is 2. The minimum absolute atomic E-state index is 0.517. The van der Waals surface area contributed by atoms with Crippen molar-refractivity contribution < 1.29 is 0 Å². The van der Waals surface area contributed by atoms with Gasteiger partial charge in [-0.05, 0) is 35.9 Å². The van der Waals surface area contributed by atoms with Crippen LogP contribution in [0, 0.1) is 0 Å². The molecule has 3 aromatic heterocycles. The molecule has 3 heterocycles. The number of aromatic nitrogens is 4. The quantitative estimate of drug-likeness (QED) is 0.609. The van der Waals surface area contributed by atoms with Crippen molar-refractivity contribution in [2.45, 2.75) is 6.54 Å². The number of nitrogens with two attached hydrogens (primary N) is 1. The van der Waals surface area contributed by atoms with Crippen LogP contribution in [0.25, 0.3) is 33.7 Å². The lowest BCUT2D eigenvalue weighted by molar-refractivity contribution is 1.07. The molecule has 0 amide bonds. The number of fused-ring (bicyclic) bond motifs is 1. The molecular weight excluding hydrogens is 286 g/mol. The van der Waals surface area contributed by atoms with E-state index in [-0.39, 0.29) is 0 Å². The zero-order chi connectivity index (χ0) is 15.6. The van der Waals surface area contributed by atoms with Gasteiger partial charge in [-0.3, -0.25) is 5.10 Å². The van der Waals surface area contributed by atoms with Gasteiger partial charge in [-0.15, -0.1) is 0 Å². The van der Waals surface area contributed by atoms with Crippen molar-refractivity contribution in [1.29, 1.82) is 0 Å². The highest BCUT2D eigenvalue weighted by molar-refractivity contribution is 5.89. The highest BCUT2D eigenvalue weighted by Gasteiger charge is 2.11. The Hall–Kier alpha value is -3.05. The Kier molecular flexibility index (Phi) is 3.33. The normalized spacial score (nSPS) is 11.0. The number of hydrogen-bond donors (Lipinski definition) is 2. The van der Waals surface area contributed by atoms with E-state index in [0.717, 1.165) is 39.2 Å². The summed E-state index contributed by atoms with van der Waals surface area (Å²) in [6, 6.07) is 17.9. The number of nitrogens with zero attached hydrogens (tertiary/aromatic N) is 3. The van der Waals surface area contributed by atoms with Crippen LogP contribution in [0.5, 0.6) is 0 Å². The summed E-state index contributed by atoms with van der Waals surface area (Å²) in [4.78, 5) is 9.03. The molecule has 3 N–H and O–H groups in total. The fraction of sp³-hybridized carbons (Fsp3) is 0.0556. The molecule has 23 heavy (non-hydrogen) atoms. The zero-order valence-corrected chi connectivity index (χ0v) is 12.4. The van der Waals surface area contributed by atoms with Gasteiger partial charge in [-0.25, -0.2) is 9.97 Å². The topological polar surface area (TPSA) is 80.5 Å². The molecule has 1 aromatic carbocycles. The third kappa shape index (κ3) is 2.47. The number of nitrogens with one attached hydrogen (secondary N) is 1. The molecule has 0 saturated heterocycles. The predicted molar refractivity (Wildman–Crippen MR) is 90.4 cm³/mol. The molecule has 0 atom stereocenters. The molecule has 4 rings (SSSR count). The number of hydrogen-bond acceptors (Lipinski definition) is 4. The second-order valence-corrected chi connectivity index (χ2v) is 5.28. The van der Waals surface area contributed by atoms with Crippen LogP contribution in [0.1, 0.15) is 5.56 Å². The van der Waals surface area contributed by atoms with E-state index in [9.17, 15) is 0 Å². The van der Waals surface area contributed by atoms with Crippen molar-refractivity contribution in [1.82, 2.24) is 20.2 Å². The fourth-order valence-corrected chi connectivity index (χ4v) is 2.63. The number of benzene rings is 1. The lowest BCUT2D eigenvalue weighted by atomic mass is 10.1. The highest BCUT2D eigenvalue weighted by Crippen LogP contribution is 2.26. The summed E-state index contributed by atoms with van der Waals surface area (Å²) in [5.74, 6) is 0. The van der Waals surface area contributed by atoms with Crippen LogP contribution in [0.4, 0.5) is 0 Å². The molecule has 0 aliphatic heterocycles. The first-order valence-corrected chi connectivity index (χ1v) is 7.41. The molecule has 0 radical (unpaired) electrons. The van der Waals surface area contributed by atoms with Crippen molar-refractivity contribution in [3.63, 3.8) is 0 Å². The summed E-state index contributed by atoms with van der Waals surface area (Å²) in [6.07, 6.45) is 1.74. The van der Waals surface area contributed by atoms with Gasteiger partial charge in [0, 0.05) is 23.7 Å². The summed E-state index contributed by atoms with van der Waals surface area (Å²) < 4.78 is 0. The second-order valence-electron chi connectivity index (χ2n) is 5.28. The van der Waals surface area contributed by atoms with Gasteiger partial charge in [0.05, 0.1) is 11.4 Å². The number of rotatable bonds is 3. The third-order valence-electron chi connectivity index (χ3n) is 3.79. The molecule has 112 valence electrons. The predicted octanol–water partition coefficient (Wildman–Crippen LogP) is 3.15. The highest BCUT2D eigenvalue weighted by atomic mass is 15.2. The van der Waals surface area contributed by atoms with Gasteiger partial charge in [0.25, 0.3) is 0 Å². The maximum Gasteiger partial charge on any atom is 0.155 e. The molecule has 0 aliphatic carbocycles. The summed E-state index contributed by atoms with van der Waals surface area (Å²) >= 11 is 0. The molecule has 5 heteroatoms. The third-order valence-corrected chi connectivity index (χ3v) is 3.79. The Labute approximate surface area is 133 Å². The van der Waals surface area contributed by atoms with Gasteiger partial charge >= 0.3 is 0 Å². The van der Waals surface area contributed by atoms with Gasteiger partial charge in [0.15, 0.2) is 5.65 Å². The summed E-state index contributed by atoms with van der Waals surface area (Å²) in [7, 11) is 0. The number of H-pyrrole nitrogens is 1. The van der Waals surface area contributed by atoms with Crippen LogP contribution in [0.2, 0.25) is 0 Å². The molecule has 0 saturated carbocycles. The SMILES string of the molecule is NCc1cccc(-c2cccc(-c3n[nH]c4ncccc34)n2)c1. The van der Waals surface area contributed by atoms with Crippen LogP contribution >= 0.6 is 0 Å². The minimum Gasteiger partial charge on any atom is -0.326 e. The van der Waals surface area contributed by atoms with Gasteiger partial charge in [0.1, 0.15) is 5.69 Å². The van der Waals surface area contributed by atoms with Crippen molar-refractivity contribution in [2.75, 3.05) is 0 Å². The lowest BCUT2D eigenvalue weighted by Gasteiger charge is -2.05. The standard InChI is InChI=1S/C18H15N5/c19-11-12-4-1-5-13(10-12)15-7-2-8-16(21-15)17-14-6-3-9-20-18(14)23-22-17/h1-10H,11,19H2,(H,20,22,23). The van der Waals surface area contributed by atoms with Gasteiger partial charge < -0.3 is 5.73 Å². The summed E-state index contributed by atoms with van der Waals surface area (Å²) in [5.41, 5.74) is 11.2. The Morgan fingerprint density at radius 1 is 0.957 bits per heavy atom. The minimum atomic E-state index is 0.517. The monoisotopic (exact) mass is 301 g/mol. The van der Waals surface area contributed by atoms with Gasteiger partial charge in [0.2, 0.25) is 0 Å². The van der Waals surface area contributed by atoms with Crippen LogP contribution in [0.15, 0.2) is 60.8 Å². The zero-order valence-electron chi connectivity index (χ0n) is 12.4. The maximum atomic E-state index is 5.72. The second kappa shape index (κ2) is 5.62. The first kappa shape index (κ1) is 13.6. The Morgan fingerprint density at radius 2 is 1.83 bits per heavy atom. The van der Waals surface area contributed by atoms with Crippen LogP contribution in [-0.4, -0.2) is 20.2 Å². The van der Waals surface area contributed by atoms with E-state index in [1.54, 1.807) is 6.20 Å². The first-order chi connectivity index (χ1) is 11.3. The molecular formula is C18H15N5. The molecule has 0 aliphatic rings. The van der Waals surface area contributed by atoms with Gasteiger partial charge in [-0.2, -0.15) is 5.10 Å². The van der Waals surface area contributed by atoms with Crippen molar-refractivity contribution in [2.24, 2.45) is 5.73 Å². The molecule has 4 aromatic rings. The fourth-order valence-electron chi connectivity index (χ4n) is 2.63. The lowest BCUT2D eigenvalue weighted by Crippen LogP contribution is -1.96. The maximum absolute atomic E-state index is 5.72. The van der Waals surface area contributed by atoms with Crippen molar-refractivity contribution in [3.8, 4) is 22.6 Å². The van der Waals surface area contributed by atoms with E-state index in [2.05, 4.69) is 21.2 Å². The van der Waals surface area contributed by atoms with E-state index in [1.165, 1.54) is 0 Å². The van der Waals surface area contributed by atoms with E-state index in [1.807, 2.05) is 48.5 Å². The molecule has 0 bridgehead atoms. The molecule has 0 spiro atoms. The Bertz CT molecular complexity index is 974. The van der Waals surface area contributed by atoms with Crippen molar-refractivity contribution in [3.05, 3.63) is 66.4 Å². The Morgan fingerprint density at radius 3 is 2.74 bits per heavy atom. The first-order valence-electron chi connectivity index (χ1n) is 7.41. The summed E-state index contributed by atoms with van der Waals surface area (Å²) in [5, 5.41) is 8.28. The summed E-state index contributed by atoms with van der Waals surface area (Å²) in [6.45, 7) is 0.517. The average Bonchev–Trinajstić information content (AvgIpc) is 3.06. The van der Waals surface area contributed by atoms with E-state index in [0.29, 0.717) is 6.54 Å². The van der Waals surface area contributed by atoms with Crippen LogP contribution in [0.3, 0.4) is 0 Å². The molecule has 5 nitrogen and oxygen atoms in total.